The maximum absolute atomic E-state index is 12.6. The molecular weight excluding hydrogens is 360 g/mol. The van der Waals surface area contributed by atoms with Gasteiger partial charge < -0.3 is 10.1 Å². The number of hydrogen-bond acceptors (Lipinski definition) is 5. The second-order valence-electron chi connectivity index (χ2n) is 8.12. The third-order valence-electron chi connectivity index (χ3n) is 6.42. The van der Waals surface area contributed by atoms with Crippen molar-refractivity contribution in [2.45, 2.75) is 33.1 Å². The fourth-order valence-corrected chi connectivity index (χ4v) is 5.13. The Labute approximate surface area is 163 Å². The quantitative estimate of drug-likeness (QED) is 0.617. The number of nitrogens with zero attached hydrogens (tertiary/aromatic N) is 1. The molecule has 148 valence electrons. The normalized spacial score (nSPS) is 27.9. The molecule has 0 aromatic heterocycles. The minimum absolute atomic E-state index is 0.251. The lowest BCUT2D eigenvalue weighted by atomic mass is 9.81. The molecule has 0 unspecified atom stereocenters. The van der Waals surface area contributed by atoms with E-state index < -0.39 is 25.0 Å². The fraction of sp³-hybridized carbons (Fsp3) is 0.524. The van der Waals surface area contributed by atoms with Crippen molar-refractivity contribution in [1.29, 1.82) is 0 Å². The molecule has 7 heteroatoms. The molecule has 28 heavy (non-hydrogen) atoms. The Kier molecular flexibility index (Phi) is 4.69. The van der Waals surface area contributed by atoms with Gasteiger partial charge in [-0.1, -0.05) is 18.2 Å². The van der Waals surface area contributed by atoms with Gasteiger partial charge in [0.25, 0.3) is 5.91 Å². The number of hydrogen-bond donors (Lipinski definition) is 1. The summed E-state index contributed by atoms with van der Waals surface area (Å²) in [5.74, 6) is -1.67. The van der Waals surface area contributed by atoms with Gasteiger partial charge in [-0.2, -0.15) is 0 Å². The van der Waals surface area contributed by atoms with Crippen molar-refractivity contribution in [2.24, 2.45) is 23.7 Å². The highest BCUT2D eigenvalue weighted by atomic mass is 16.5. The molecule has 4 rings (SSSR count). The number of rotatable bonds is 5. The smallest absolute Gasteiger partial charge is 0.326 e. The van der Waals surface area contributed by atoms with Gasteiger partial charge in [0.2, 0.25) is 11.8 Å². The van der Waals surface area contributed by atoms with E-state index in [1.165, 1.54) is 0 Å². The van der Waals surface area contributed by atoms with Gasteiger partial charge >= 0.3 is 5.97 Å². The first-order chi connectivity index (χ1) is 13.4. The van der Waals surface area contributed by atoms with E-state index in [2.05, 4.69) is 5.32 Å². The number of likely N-dealkylation sites (tertiary alicyclic amines) is 1. The molecule has 0 radical (unpaired) electrons. The van der Waals surface area contributed by atoms with Crippen molar-refractivity contribution in [3.63, 3.8) is 0 Å². The zero-order valence-electron chi connectivity index (χ0n) is 16.1. The van der Waals surface area contributed by atoms with Crippen molar-refractivity contribution >= 4 is 29.4 Å². The standard InChI is InChI=1S/C21H24N2O5/c1-11-4-3-5-12(2)19(11)22-15(24)10-28-16(25)9-23-20(26)17-13-6-7-14(8-13)18(17)21(23)27/h3-5,13-14,17-18H,6-10H2,1-2H3,(H,22,24)/t13-,14+,17-,18+. The van der Waals surface area contributed by atoms with Crippen molar-refractivity contribution < 1.29 is 23.9 Å². The third-order valence-corrected chi connectivity index (χ3v) is 6.42. The average Bonchev–Trinajstić information content (AvgIpc) is 3.33. The van der Waals surface area contributed by atoms with Crippen LogP contribution in [0.25, 0.3) is 0 Å². The summed E-state index contributed by atoms with van der Waals surface area (Å²) in [6.45, 7) is 2.88. The van der Waals surface area contributed by atoms with Crippen molar-refractivity contribution in [3.8, 4) is 0 Å². The van der Waals surface area contributed by atoms with E-state index in [1.54, 1.807) is 0 Å². The summed E-state index contributed by atoms with van der Waals surface area (Å²) in [5.41, 5.74) is 2.51. The van der Waals surface area contributed by atoms with E-state index in [0.29, 0.717) is 5.69 Å². The number of aryl methyl sites for hydroxylation is 2. The van der Waals surface area contributed by atoms with Crippen LogP contribution in [0.1, 0.15) is 30.4 Å². The summed E-state index contributed by atoms with van der Waals surface area (Å²) < 4.78 is 5.01. The summed E-state index contributed by atoms with van der Waals surface area (Å²) in [7, 11) is 0. The number of imide groups is 1. The Morgan fingerprint density at radius 1 is 1.07 bits per heavy atom. The van der Waals surface area contributed by atoms with E-state index in [4.69, 9.17) is 4.74 Å². The first-order valence-corrected chi connectivity index (χ1v) is 9.73. The largest absolute Gasteiger partial charge is 0.454 e. The van der Waals surface area contributed by atoms with Crippen LogP contribution in [0.15, 0.2) is 18.2 Å². The first-order valence-electron chi connectivity index (χ1n) is 9.73. The molecule has 3 amide bonds. The van der Waals surface area contributed by atoms with Crippen LogP contribution in [0.5, 0.6) is 0 Å². The lowest BCUT2D eigenvalue weighted by molar-refractivity contribution is -0.154. The summed E-state index contributed by atoms with van der Waals surface area (Å²) in [5, 5.41) is 2.73. The number of fused-ring (bicyclic) bond motifs is 5. The number of anilines is 1. The Morgan fingerprint density at radius 2 is 1.64 bits per heavy atom. The van der Waals surface area contributed by atoms with Crippen LogP contribution in [0, 0.1) is 37.5 Å². The highest BCUT2D eigenvalue weighted by molar-refractivity contribution is 6.08. The topological polar surface area (TPSA) is 92.8 Å². The van der Waals surface area contributed by atoms with Gasteiger partial charge in [0.05, 0.1) is 11.8 Å². The Hall–Kier alpha value is -2.70. The van der Waals surface area contributed by atoms with Gasteiger partial charge in [0.15, 0.2) is 6.61 Å². The molecule has 4 atom stereocenters. The fourth-order valence-electron chi connectivity index (χ4n) is 5.13. The predicted molar refractivity (Wildman–Crippen MR) is 100 cm³/mol. The number of para-hydroxylation sites is 1. The highest BCUT2D eigenvalue weighted by Crippen LogP contribution is 2.56. The molecule has 1 heterocycles. The Balaban J connectivity index is 1.31. The molecule has 3 fully saturated rings. The van der Waals surface area contributed by atoms with Crippen LogP contribution >= 0.6 is 0 Å². The summed E-state index contributed by atoms with van der Waals surface area (Å²) in [6, 6.07) is 5.65. The number of carbonyl (C=O) groups excluding carboxylic acids is 4. The van der Waals surface area contributed by atoms with E-state index in [9.17, 15) is 19.2 Å². The zero-order valence-corrected chi connectivity index (χ0v) is 16.1. The minimum Gasteiger partial charge on any atom is -0.454 e. The Bertz CT molecular complexity index is 816. The minimum atomic E-state index is -0.745. The second-order valence-corrected chi connectivity index (χ2v) is 8.12. The lowest BCUT2D eigenvalue weighted by Gasteiger charge is -2.19. The van der Waals surface area contributed by atoms with E-state index in [-0.39, 0.29) is 35.5 Å². The number of amides is 3. The average molecular weight is 384 g/mol. The number of nitrogens with one attached hydrogen (secondary N) is 1. The van der Waals surface area contributed by atoms with Gasteiger partial charge in [-0.25, -0.2) is 0 Å². The number of esters is 1. The maximum atomic E-state index is 12.6. The molecule has 2 aliphatic carbocycles. The van der Waals surface area contributed by atoms with Crippen LogP contribution in [0.3, 0.4) is 0 Å². The molecule has 7 nitrogen and oxygen atoms in total. The second kappa shape index (κ2) is 7.04. The summed E-state index contributed by atoms with van der Waals surface area (Å²) >= 11 is 0. The zero-order chi connectivity index (χ0) is 20.0. The molecule has 1 aromatic carbocycles. The summed E-state index contributed by atoms with van der Waals surface area (Å²) in [4.78, 5) is 50.5. The molecular formula is C21H24N2O5. The van der Waals surface area contributed by atoms with Gasteiger partial charge in [0.1, 0.15) is 6.54 Å². The van der Waals surface area contributed by atoms with Crippen LogP contribution in [0.4, 0.5) is 5.69 Å². The van der Waals surface area contributed by atoms with Crippen molar-refractivity contribution in [1.82, 2.24) is 4.90 Å². The third kappa shape index (κ3) is 3.08. The molecule has 3 aliphatic rings. The lowest BCUT2D eigenvalue weighted by Crippen LogP contribution is -2.38. The highest BCUT2D eigenvalue weighted by Gasteiger charge is 2.61. The van der Waals surface area contributed by atoms with Gasteiger partial charge in [-0.3, -0.25) is 24.1 Å². The SMILES string of the molecule is Cc1cccc(C)c1NC(=O)COC(=O)CN1C(=O)[C@@H]2[C@@H]3CC[C@@H](C3)[C@@H]2C1=O. The van der Waals surface area contributed by atoms with Gasteiger partial charge in [0, 0.05) is 5.69 Å². The van der Waals surface area contributed by atoms with Crippen LogP contribution in [-0.4, -0.2) is 41.7 Å². The van der Waals surface area contributed by atoms with E-state index >= 15 is 0 Å². The molecule has 0 spiro atoms. The molecule has 1 aromatic rings. The first kappa shape index (κ1) is 18.7. The van der Waals surface area contributed by atoms with Crippen LogP contribution < -0.4 is 5.32 Å². The molecule has 1 aliphatic heterocycles. The van der Waals surface area contributed by atoms with Crippen LogP contribution in [-0.2, 0) is 23.9 Å². The Morgan fingerprint density at radius 3 is 2.21 bits per heavy atom. The van der Waals surface area contributed by atoms with Crippen molar-refractivity contribution in [3.05, 3.63) is 29.3 Å². The van der Waals surface area contributed by atoms with Gasteiger partial charge in [-0.15, -0.1) is 0 Å². The molecule has 2 saturated carbocycles. The predicted octanol–water partition coefficient (Wildman–Crippen LogP) is 1.82. The molecule has 1 saturated heterocycles. The molecule has 1 N–H and O–H groups in total. The number of benzene rings is 1. The van der Waals surface area contributed by atoms with Crippen molar-refractivity contribution in [2.75, 3.05) is 18.5 Å². The summed E-state index contributed by atoms with van der Waals surface area (Å²) in [6.07, 6.45) is 2.92. The van der Waals surface area contributed by atoms with Gasteiger partial charge in [-0.05, 0) is 56.1 Å². The maximum Gasteiger partial charge on any atom is 0.326 e. The molecule has 2 bridgehead atoms. The number of carbonyl (C=O) groups is 4. The van der Waals surface area contributed by atoms with E-state index in [0.717, 1.165) is 35.3 Å². The van der Waals surface area contributed by atoms with Crippen LogP contribution in [0.2, 0.25) is 0 Å². The number of ether oxygens (including phenoxy) is 1. The monoisotopic (exact) mass is 384 g/mol. The van der Waals surface area contributed by atoms with E-state index in [1.807, 2.05) is 32.0 Å².